The SMILES string of the molecule is CC1(c2ccccc2)c2ccccc2-c2cc(N(c3ccc4c(c3)-c3ccccc3C4(c3ccccc3)c3ccccc3)c3ccc4c5ccccc5c5ccccc5c4c3)ccc21. The molecule has 0 saturated carbocycles. The molecule has 0 bridgehead atoms. The maximum Gasteiger partial charge on any atom is 0.0713 e. The molecule has 2 aliphatic rings. The Morgan fingerprint density at radius 1 is 0.266 bits per heavy atom. The van der Waals surface area contributed by atoms with E-state index in [1.165, 1.54) is 93.5 Å². The van der Waals surface area contributed by atoms with Crippen LogP contribution in [0.4, 0.5) is 17.1 Å². The van der Waals surface area contributed by atoms with Gasteiger partial charge in [0.15, 0.2) is 0 Å². The van der Waals surface area contributed by atoms with Gasteiger partial charge in [0, 0.05) is 22.5 Å². The third-order valence-electron chi connectivity index (χ3n) is 14.6. The van der Waals surface area contributed by atoms with Crippen LogP contribution in [0.25, 0.3) is 54.6 Å². The molecule has 0 heterocycles. The molecule has 11 aromatic rings. The number of hydrogen-bond donors (Lipinski definition) is 0. The molecule has 0 amide bonds. The van der Waals surface area contributed by atoms with E-state index in [0.29, 0.717) is 0 Å². The minimum Gasteiger partial charge on any atom is -0.310 e. The first-order valence-corrected chi connectivity index (χ1v) is 22.4. The van der Waals surface area contributed by atoms with Crippen molar-refractivity contribution >= 4 is 49.4 Å². The van der Waals surface area contributed by atoms with Crippen LogP contribution in [0, 0.1) is 0 Å². The first-order chi connectivity index (χ1) is 31.6. The highest BCUT2D eigenvalue weighted by molar-refractivity contribution is 6.25. The Balaban J connectivity index is 1.08. The zero-order valence-corrected chi connectivity index (χ0v) is 35.5. The van der Waals surface area contributed by atoms with E-state index in [4.69, 9.17) is 0 Å². The van der Waals surface area contributed by atoms with Gasteiger partial charge >= 0.3 is 0 Å². The van der Waals surface area contributed by atoms with Gasteiger partial charge in [-0.25, -0.2) is 0 Å². The summed E-state index contributed by atoms with van der Waals surface area (Å²) in [6.07, 6.45) is 0. The average Bonchev–Trinajstić information content (AvgIpc) is 3.81. The minimum absolute atomic E-state index is 0.283. The maximum atomic E-state index is 2.50. The first-order valence-electron chi connectivity index (χ1n) is 22.4. The largest absolute Gasteiger partial charge is 0.310 e. The average molecular weight is 814 g/mol. The van der Waals surface area contributed by atoms with Crippen molar-refractivity contribution < 1.29 is 0 Å². The van der Waals surface area contributed by atoms with Crippen LogP contribution in [-0.2, 0) is 10.8 Å². The number of nitrogens with zero attached hydrogens (tertiary/aromatic N) is 1. The summed E-state index contributed by atoms with van der Waals surface area (Å²) in [5.74, 6) is 0. The van der Waals surface area contributed by atoms with Crippen LogP contribution in [0.15, 0.2) is 243 Å². The smallest absolute Gasteiger partial charge is 0.0713 e. The lowest BCUT2D eigenvalue weighted by Gasteiger charge is -2.34. The zero-order valence-electron chi connectivity index (χ0n) is 35.5. The van der Waals surface area contributed by atoms with Gasteiger partial charge < -0.3 is 4.90 Å². The summed E-state index contributed by atoms with van der Waals surface area (Å²) in [5.41, 5.74) is 16.8. The van der Waals surface area contributed by atoms with E-state index >= 15 is 0 Å². The van der Waals surface area contributed by atoms with E-state index in [9.17, 15) is 0 Å². The molecule has 0 saturated heterocycles. The molecule has 0 aliphatic heterocycles. The molecule has 1 heteroatoms. The molecule has 1 atom stereocenters. The maximum absolute atomic E-state index is 2.50. The van der Waals surface area contributed by atoms with Gasteiger partial charge in [-0.3, -0.25) is 0 Å². The predicted molar refractivity (Wildman–Crippen MR) is 268 cm³/mol. The molecule has 11 aromatic carbocycles. The van der Waals surface area contributed by atoms with E-state index in [-0.39, 0.29) is 5.41 Å². The van der Waals surface area contributed by atoms with E-state index in [1.54, 1.807) is 0 Å². The Morgan fingerprint density at radius 3 is 1.20 bits per heavy atom. The fourth-order valence-corrected chi connectivity index (χ4v) is 11.8. The zero-order chi connectivity index (χ0) is 42.4. The molecule has 300 valence electrons. The highest BCUT2D eigenvalue weighted by Gasteiger charge is 2.46. The Morgan fingerprint density at radius 2 is 0.625 bits per heavy atom. The summed E-state index contributed by atoms with van der Waals surface area (Å²) in [4.78, 5) is 2.50. The van der Waals surface area contributed by atoms with Gasteiger partial charge in [0.25, 0.3) is 0 Å². The molecule has 64 heavy (non-hydrogen) atoms. The fourth-order valence-electron chi connectivity index (χ4n) is 11.8. The van der Waals surface area contributed by atoms with Gasteiger partial charge in [0.1, 0.15) is 0 Å². The third kappa shape index (κ3) is 5.07. The topological polar surface area (TPSA) is 3.24 Å². The summed E-state index contributed by atoms with van der Waals surface area (Å²) in [7, 11) is 0. The lowest BCUT2D eigenvalue weighted by Crippen LogP contribution is -2.28. The Labute approximate surface area is 374 Å². The minimum atomic E-state index is -0.472. The monoisotopic (exact) mass is 813 g/mol. The molecular formula is C63H43N. The van der Waals surface area contributed by atoms with Crippen LogP contribution in [-0.4, -0.2) is 0 Å². The lowest BCUT2D eigenvalue weighted by atomic mass is 9.68. The predicted octanol–water partition coefficient (Wildman–Crippen LogP) is 16.3. The van der Waals surface area contributed by atoms with E-state index in [0.717, 1.165) is 17.1 Å². The van der Waals surface area contributed by atoms with Gasteiger partial charge in [0.2, 0.25) is 0 Å². The van der Waals surface area contributed by atoms with Crippen molar-refractivity contribution in [2.75, 3.05) is 4.90 Å². The molecule has 1 nitrogen and oxygen atoms in total. The third-order valence-corrected chi connectivity index (χ3v) is 14.6. The number of fused-ring (bicyclic) bond motifs is 12. The normalized spacial score (nSPS) is 15.5. The van der Waals surface area contributed by atoms with E-state index in [2.05, 4.69) is 254 Å². The summed E-state index contributed by atoms with van der Waals surface area (Å²) in [6, 6.07) is 90.5. The second kappa shape index (κ2) is 14.0. The fraction of sp³-hybridized carbons (Fsp3) is 0.0476. The van der Waals surface area contributed by atoms with Gasteiger partial charge in [-0.15, -0.1) is 0 Å². The second-order valence-electron chi connectivity index (χ2n) is 17.7. The van der Waals surface area contributed by atoms with Crippen LogP contribution in [0.2, 0.25) is 0 Å². The summed E-state index contributed by atoms with van der Waals surface area (Å²) >= 11 is 0. The quantitative estimate of drug-likeness (QED) is 0.151. The van der Waals surface area contributed by atoms with Crippen LogP contribution in [0.3, 0.4) is 0 Å². The molecule has 0 aromatic heterocycles. The van der Waals surface area contributed by atoms with Crippen molar-refractivity contribution in [1.29, 1.82) is 0 Å². The van der Waals surface area contributed by atoms with Crippen LogP contribution >= 0.6 is 0 Å². The van der Waals surface area contributed by atoms with Gasteiger partial charge in [-0.2, -0.15) is 0 Å². The summed E-state index contributed by atoms with van der Waals surface area (Å²) < 4.78 is 0. The molecule has 0 spiro atoms. The Kier molecular flexibility index (Phi) is 8.02. The van der Waals surface area contributed by atoms with Gasteiger partial charge in [-0.05, 0) is 137 Å². The number of hydrogen-bond acceptors (Lipinski definition) is 1. The molecule has 13 rings (SSSR count). The van der Waals surface area contributed by atoms with Crippen molar-refractivity contribution in [2.24, 2.45) is 0 Å². The number of benzene rings is 11. The molecule has 0 fully saturated rings. The number of rotatable bonds is 6. The van der Waals surface area contributed by atoms with Crippen molar-refractivity contribution in [2.45, 2.75) is 17.8 Å². The van der Waals surface area contributed by atoms with E-state index in [1.807, 2.05) is 0 Å². The second-order valence-corrected chi connectivity index (χ2v) is 17.7. The van der Waals surface area contributed by atoms with Crippen molar-refractivity contribution in [3.63, 3.8) is 0 Å². The van der Waals surface area contributed by atoms with Crippen LogP contribution in [0.5, 0.6) is 0 Å². The first kappa shape index (κ1) is 36.6. The van der Waals surface area contributed by atoms with E-state index < -0.39 is 5.41 Å². The summed E-state index contributed by atoms with van der Waals surface area (Å²) in [5, 5.41) is 7.60. The highest BCUT2D eigenvalue weighted by atomic mass is 15.1. The molecule has 1 unspecified atom stereocenters. The lowest BCUT2D eigenvalue weighted by molar-refractivity contribution is 0.714. The van der Waals surface area contributed by atoms with Crippen molar-refractivity contribution in [1.82, 2.24) is 0 Å². The Hall–Kier alpha value is -8.00. The standard InChI is InChI=1S/C63H43N/c1-62(42-19-5-2-6-20-42)58-31-17-15-29-53(58)56-40-46(34-37-59(56)62)64(45-33-36-52-50-27-12-11-25-48(50)49-26-13-14-28-51(49)55(52)39-45)47-35-38-61-57(41-47)54-30-16-18-32-60(54)63(61,43-21-7-3-8-22-43)44-23-9-4-10-24-44/h2-41H,1H3. The summed E-state index contributed by atoms with van der Waals surface area (Å²) in [6.45, 7) is 2.40. The highest BCUT2D eigenvalue weighted by Crippen LogP contribution is 2.58. The van der Waals surface area contributed by atoms with Crippen LogP contribution in [0.1, 0.15) is 45.9 Å². The molecule has 0 radical (unpaired) electrons. The van der Waals surface area contributed by atoms with Gasteiger partial charge in [-0.1, -0.05) is 206 Å². The van der Waals surface area contributed by atoms with Crippen LogP contribution < -0.4 is 4.90 Å². The molecular weight excluding hydrogens is 771 g/mol. The van der Waals surface area contributed by atoms with Crippen molar-refractivity contribution in [3.05, 3.63) is 282 Å². The Bertz CT molecular complexity index is 3550. The molecule has 2 aliphatic carbocycles. The van der Waals surface area contributed by atoms with Crippen molar-refractivity contribution in [3.8, 4) is 22.3 Å². The van der Waals surface area contributed by atoms with Gasteiger partial charge in [0.05, 0.1) is 5.41 Å². The molecule has 0 N–H and O–H groups in total. The number of anilines is 3.